The Kier molecular flexibility index (Phi) is 5.95. The van der Waals surface area contributed by atoms with Crippen molar-refractivity contribution in [3.8, 4) is 0 Å². The van der Waals surface area contributed by atoms with Gasteiger partial charge in [-0.2, -0.15) is 0 Å². The second kappa shape index (κ2) is 7.06. The van der Waals surface area contributed by atoms with Crippen LogP contribution in [0.15, 0.2) is 29.2 Å². The summed E-state index contributed by atoms with van der Waals surface area (Å²) in [6.07, 6.45) is 1.74. The molecule has 0 bridgehead atoms. The van der Waals surface area contributed by atoms with Crippen LogP contribution in [0, 0.1) is 5.41 Å². The number of fused-ring (bicyclic) bond motifs is 1. The minimum absolute atomic E-state index is 0. The average Bonchev–Trinajstić information content (AvgIpc) is 2.73. The number of halogens is 1. The molecule has 0 saturated carbocycles. The Balaban J connectivity index is 0.00000220. The summed E-state index contributed by atoms with van der Waals surface area (Å²) < 4.78 is 3.07. The molecule has 0 atom stereocenters. The van der Waals surface area contributed by atoms with Gasteiger partial charge in [0.2, 0.25) is 0 Å². The molecule has 0 spiro atoms. The van der Waals surface area contributed by atoms with E-state index >= 15 is 0 Å². The monoisotopic (exact) mass is 313 g/mol. The molecule has 7 heteroatoms. The molecule has 0 aromatic carbocycles. The first-order valence-electron chi connectivity index (χ1n) is 6.86. The van der Waals surface area contributed by atoms with Gasteiger partial charge >= 0.3 is 5.69 Å². The third kappa shape index (κ3) is 4.30. The Morgan fingerprint density at radius 3 is 2.71 bits per heavy atom. The zero-order valence-corrected chi connectivity index (χ0v) is 13.6. The molecule has 0 radical (unpaired) electrons. The number of aromatic nitrogens is 3. The van der Waals surface area contributed by atoms with E-state index in [2.05, 4.69) is 23.8 Å². The Bertz CT molecular complexity index is 634. The maximum absolute atomic E-state index is 12.1. The number of nitrogens with zero attached hydrogens (tertiary/aromatic N) is 4. The quantitative estimate of drug-likeness (QED) is 0.858. The van der Waals surface area contributed by atoms with Gasteiger partial charge in [-0.25, -0.2) is 9.48 Å². The summed E-state index contributed by atoms with van der Waals surface area (Å²) in [6.45, 7) is 7.17. The third-order valence-electron chi connectivity index (χ3n) is 3.43. The van der Waals surface area contributed by atoms with E-state index in [0.29, 0.717) is 18.7 Å². The molecule has 0 aliphatic rings. The Hall–Kier alpha value is -1.37. The van der Waals surface area contributed by atoms with Gasteiger partial charge in [-0.15, -0.1) is 17.5 Å². The van der Waals surface area contributed by atoms with Crippen LogP contribution in [0.1, 0.15) is 13.8 Å². The predicted molar refractivity (Wildman–Crippen MR) is 87.0 cm³/mol. The Morgan fingerprint density at radius 2 is 2.10 bits per heavy atom. The van der Waals surface area contributed by atoms with Crippen molar-refractivity contribution in [1.82, 2.24) is 19.1 Å². The molecule has 118 valence electrons. The summed E-state index contributed by atoms with van der Waals surface area (Å²) in [7, 11) is 2.04. The lowest BCUT2D eigenvalue weighted by atomic mass is 9.93. The van der Waals surface area contributed by atoms with Crippen LogP contribution in [-0.2, 0) is 6.54 Å². The molecule has 0 saturated heterocycles. The van der Waals surface area contributed by atoms with Crippen LogP contribution in [0.5, 0.6) is 0 Å². The fourth-order valence-electron chi connectivity index (χ4n) is 2.25. The molecule has 0 amide bonds. The van der Waals surface area contributed by atoms with Gasteiger partial charge in [0.25, 0.3) is 0 Å². The van der Waals surface area contributed by atoms with Gasteiger partial charge in [0.15, 0.2) is 5.65 Å². The van der Waals surface area contributed by atoms with Gasteiger partial charge in [0, 0.05) is 19.3 Å². The maximum atomic E-state index is 12.1. The Morgan fingerprint density at radius 1 is 1.38 bits per heavy atom. The molecule has 2 N–H and O–H groups in total. The number of likely N-dealkylation sites (N-methyl/N-ethyl adjacent to an activating group) is 1. The van der Waals surface area contributed by atoms with Crippen molar-refractivity contribution in [3.05, 3.63) is 34.9 Å². The smallest absolute Gasteiger partial charge is 0.330 e. The maximum Gasteiger partial charge on any atom is 0.350 e. The van der Waals surface area contributed by atoms with E-state index in [1.165, 1.54) is 4.68 Å². The molecular weight excluding hydrogens is 290 g/mol. The van der Waals surface area contributed by atoms with Gasteiger partial charge in [-0.05, 0) is 31.1 Å². The molecule has 6 nitrogen and oxygen atoms in total. The summed E-state index contributed by atoms with van der Waals surface area (Å²) in [5.41, 5.74) is 6.41. The largest absolute Gasteiger partial charge is 0.350 e. The van der Waals surface area contributed by atoms with Gasteiger partial charge in [-0.1, -0.05) is 19.9 Å². The molecule has 2 rings (SSSR count). The van der Waals surface area contributed by atoms with Crippen molar-refractivity contribution >= 4 is 18.1 Å². The second-order valence-electron chi connectivity index (χ2n) is 6.04. The van der Waals surface area contributed by atoms with Crippen LogP contribution in [0.4, 0.5) is 0 Å². The molecular formula is C14H24ClN5O. The van der Waals surface area contributed by atoms with Crippen molar-refractivity contribution in [2.24, 2.45) is 11.1 Å². The highest BCUT2D eigenvalue weighted by Crippen LogP contribution is 2.13. The lowest BCUT2D eigenvalue weighted by Crippen LogP contribution is -2.38. The highest BCUT2D eigenvalue weighted by atomic mass is 35.5. The van der Waals surface area contributed by atoms with Crippen LogP contribution in [0.25, 0.3) is 5.65 Å². The van der Waals surface area contributed by atoms with E-state index in [0.717, 1.165) is 13.1 Å². The van der Waals surface area contributed by atoms with Gasteiger partial charge in [0.05, 0.1) is 6.54 Å². The first-order valence-corrected chi connectivity index (χ1v) is 6.86. The van der Waals surface area contributed by atoms with E-state index in [4.69, 9.17) is 5.73 Å². The molecule has 2 aromatic rings. The van der Waals surface area contributed by atoms with Crippen LogP contribution < -0.4 is 11.4 Å². The molecule has 0 unspecified atom stereocenters. The van der Waals surface area contributed by atoms with E-state index in [1.807, 2.05) is 25.2 Å². The van der Waals surface area contributed by atoms with Crippen LogP contribution in [0.2, 0.25) is 0 Å². The van der Waals surface area contributed by atoms with Gasteiger partial charge in [-0.3, -0.25) is 4.40 Å². The van der Waals surface area contributed by atoms with E-state index < -0.39 is 0 Å². The van der Waals surface area contributed by atoms with E-state index in [1.54, 1.807) is 10.6 Å². The SMILES string of the molecule is CN(CCn1nc2ccccn2c1=O)CC(C)(C)CN.Cl. The number of rotatable bonds is 6. The molecule has 2 heterocycles. The summed E-state index contributed by atoms with van der Waals surface area (Å²) in [6, 6.07) is 5.54. The van der Waals surface area contributed by atoms with E-state index in [-0.39, 0.29) is 23.5 Å². The summed E-state index contributed by atoms with van der Waals surface area (Å²) >= 11 is 0. The molecule has 0 aliphatic carbocycles. The van der Waals surface area contributed by atoms with Crippen molar-refractivity contribution in [3.63, 3.8) is 0 Å². The van der Waals surface area contributed by atoms with Crippen molar-refractivity contribution in [1.29, 1.82) is 0 Å². The normalized spacial score (nSPS) is 11.9. The molecule has 2 aromatic heterocycles. The molecule has 21 heavy (non-hydrogen) atoms. The third-order valence-corrected chi connectivity index (χ3v) is 3.43. The summed E-state index contributed by atoms with van der Waals surface area (Å²) in [5, 5.41) is 4.32. The Labute approximate surface area is 131 Å². The van der Waals surface area contributed by atoms with Gasteiger partial charge in [0.1, 0.15) is 0 Å². The van der Waals surface area contributed by atoms with Crippen molar-refractivity contribution < 1.29 is 0 Å². The van der Waals surface area contributed by atoms with Crippen molar-refractivity contribution in [2.45, 2.75) is 20.4 Å². The number of pyridine rings is 1. The standard InChI is InChI=1S/C14H23N5O.ClH/c1-14(2,10-15)11-17(3)8-9-19-13(20)18-7-5-4-6-12(18)16-19;/h4-7H,8-11,15H2,1-3H3;1H. The first-order chi connectivity index (χ1) is 9.43. The fraction of sp³-hybridized carbons (Fsp3) is 0.571. The zero-order chi connectivity index (χ0) is 14.8. The highest BCUT2D eigenvalue weighted by Gasteiger charge is 2.18. The lowest BCUT2D eigenvalue weighted by molar-refractivity contribution is 0.207. The number of hydrogen-bond donors (Lipinski definition) is 1. The lowest BCUT2D eigenvalue weighted by Gasteiger charge is -2.28. The second-order valence-corrected chi connectivity index (χ2v) is 6.04. The fourth-order valence-corrected chi connectivity index (χ4v) is 2.25. The average molecular weight is 314 g/mol. The highest BCUT2D eigenvalue weighted by molar-refractivity contribution is 5.85. The van der Waals surface area contributed by atoms with Crippen molar-refractivity contribution in [2.75, 3.05) is 26.7 Å². The minimum Gasteiger partial charge on any atom is -0.330 e. The van der Waals surface area contributed by atoms with Crippen LogP contribution in [-0.4, -0.2) is 45.8 Å². The van der Waals surface area contributed by atoms with E-state index in [9.17, 15) is 4.79 Å². The number of nitrogens with two attached hydrogens (primary N) is 1. The number of hydrogen-bond acceptors (Lipinski definition) is 4. The van der Waals surface area contributed by atoms with Gasteiger partial charge < -0.3 is 10.6 Å². The van der Waals surface area contributed by atoms with Crippen LogP contribution >= 0.6 is 12.4 Å². The predicted octanol–water partition coefficient (Wildman–Crippen LogP) is 0.834. The zero-order valence-electron chi connectivity index (χ0n) is 12.8. The summed E-state index contributed by atoms with van der Waals surface area (Å²) in [4.78, 5) is 14.3. The first kappa shape index (κ1) is 17.7. The molecule has 0 fully saturated rings. The molecule has 0 aliphatic heterocycles. The topological polar surface area (TPSA) is 68.6 Å². The minimum atomic E-state index is -0.0907. The van der Waals surface area contributed by atoms with Crippen LogP contribution in [0.3, 0.4) is 0 Å². The summed E-state index contributed by atoms with van der Waals surface area (Å²) in [5.74, 6) is 0.